The van der Waals surface area contributed by atoms with Gasteiger partial charge in [0.25, 0.3) is 0 Å². The molecule has 2 aromatic rings. The van der Waals surface area contributed by atoms with E-state index in [-0.39, 0.29) is 18.4 Å². The van der Waals surface area contributed by atoms with Crippen LogP contribution in [0.3, 0.4) is 0 Å². The van der Waals surface area contributed by atoms with E-state index in [9.17, 15) is 17.6 Å². The summed E-state index contributed by atoms with van der Waals surface area (Å²) in [5.41, 5.74) is -0.586. The van der Waals surface area contributed by atoms with Crippen LogP contribution in [-0.2, 0) is 12.7 Å². The summed E-state index contributed by atoms with van der Waals surface area (Å²) in [7, 11) is 0. The zero-order valence-corrected chi connectivity index (χ0v) is 11.4. The lowest BCUT2D eigenvalue weighted by molar-refractivity contribution is -0.141. The third-order valence-electron chi connectivity index (χ3n) is 2.71. The lowest BCUT2D eigenvalue weighted by Gasteiger charge is -2.12. The SMILES string of the molecule is CC(C)NCc1cc(F)cnc1-n1ccc(C(F)(F)F)n1. The summed E-state index contributed by atoms with van der Waals surface area (Å²) >= 11 is 0. The van der Waals surface area contributed by atoms with E-state index in [1.54, 1.807) is 0 Å². The number of alkyl halides is 3. The predicted molar refractivity (Wildman–Crippen MR) is 68.3 cm³/mol. The molecule has 0 aliphatic rings. The Labute approximate surface area is 118 Å². The Hall–Kier alpha value is -1.96. The van der Waals surface area contributed by atoms with Crippen LogP contribution in [0.5, 0.6) is 0 Å². The summed E-state index contributed by atoms with van der Waals surface area (Å²) in [4.78, 5) is 3.84. The standard InChI is InChI=1S/C13H14F4N4/c1-8(2)18-6-9-5-10(14)7-19-12(9)21-4-3-11(20-21)13(15,16)17/h3-5,7-8,18H,6H2,1-2H3. The summed E-state index contributed by atoms with van der Waals surface area (Å²) in [6.45, 7) is 4.09. The molecule has 0 saturated heterocycles. The van der Waals surface area contributed by atoms with Crippen LogP contribution in [0, 0.1) is 5.82 Å². The summed E-state index contributed by atoms with van der Waals surface area (Å²) < 4.78 is 52.0. The molecule has 0 saturated carbocycles. The number of hydrogen-bond acceptors (Lipinski definition) is 3. The Kier molecular flexibility index (Phi) is 4.26. The van der Waals surface area contributed by atoms with Crippen LogP contribution >= 0.6 is 0 Å². The molecule has 2 heterocycles. The molecule has 0 aliphatic heterocycles. The number of nitrogens with one attached hydrogen (secondary N) is 1. The second kappa shape index (κ2) is 5.80. The van der Waals surface area contributed by atoms with Crippen molar-refractivity contribution in [2.45, 2.75) is 32.6 Å². The fourth-order valence-electron chi connectivity index (χ4n) is 1.72. The van der Waals surface area contributed by atoms with E-state index >= 15 is 0 Å². The van der Waals surface area contributed by atoms with Gasteiger partial charge in [-0.15, -0.1) is 0 Å². The number of hydrogen-bond donors (Lipinski definition) is 1. The average molecular weight is 302 g/mol. The van der Waals surface area contributed by atoms with Crippen LogP contribution in [0.4, 0.5) is 17.6 Å². The van der Waals surface area contributed by atoms with E-state index in [0.717, 1.165) is 23.1 Å². The lowest BCUT2D eigenvalue weighted by atomic mass is 10.2. The highest BCUT2D eigenvalue weighted by atomic mass is 19.4. The molecular weight excluding hydrogens is 288 g/mol. The molecule has 4 nitrogen and oxygen atoms in total. The van der Waals surface area contributed by atoms with E-state index in [1.165, 1.54) is 6.07 Å². The van der Waals surface area contributed by atoms with Gasteiger partial charge in [0.2, 0.25) is 0 Å². The smallest absolute Gasteiger partial charge is 0.310 e. The van der Waals surface area contributed by atoms with Crippen LogP contribution in [0.25, 0.3) is 5.82 Å². The Morgan fingerprint density at radius 1 is 1.33 bits per heavy atom. The molecule has 0 unspecified atom stereocenters. The van der Waals surface area contributed by atoms with Gasteiger partial charge in [-0.1, -0.05) is 13.8 Å². The van der Waals surface area contributed by atoms with Crippen molar-refractivity contribution in [2.24, 2.45) is 0 Å². The van der Waals surface area contributed by atoms with Gasteiger partial charge in [0, 0.05) is 24.3 Å². The molecule has 0 aromatic carbocycles. The van der Waals surface area contributed by atoms with Crippen molar-refractivity contribution in [1.82, 2.24) is 20.1 Å². The van der Waals surface area contributed by atoms with E-state index in [4.69, 9.17) is 0 Å². The van der Waals surface area contributed by atoms with Crippen molar-refractivity contribution in [1.29, 1.82) is 0 Å². The Balaban J connectivity index is 2.36. The maximum Gasteiger partial charge on any atom is 0.435 e. The third-order valence-corrected chi connectivity index (χ3v) is 2.71. The largest absolute Gasteiger partial charge is 0.435 e. The van der Waals surface area contributed by atoms with Crippen molar-refractivity contribution in [3.05, 3.63) is 41.6 Å². The van der Waals surface area contributed by atoms with Gasteiger partial charge in [-0.2, -0.15) is 18.3 Å². The molecule has 0 bridgehead atoms. The maximum absolute atomic E-state index is 13.3. The first kappa shape index (κ1) is 15.4. The molecule has 0 radical (unpaired) electrons. The topological polar surface area (TPSA) is 42.7 Å². The Morgan fingerprint density at radius 2 is 2.05 bits per heavy atom. The average Bonchev–Trinajstić information content (AvgIpc) is 2.85. The van der Waals surface area contributed by atoms with Crippen molar-refractivity contribution >= 4 is 0 Å². The van der Waals surface area contributed by atoms with Gasteiger partial charge in [-0.3, -0.25) is 0 Å². The minimum Gasteiger partial charge on any atom is -0.310 e. The fourth-order valence-corrected chi connectivity index (χ4v) is 1.72. The van der Waals surface area contributed by atoms with E-state index < -0.39 is 17.7 Å². The second-order valence-corrected chi connectivity index (χ2v) is 4.82. The first-order chi connectivity index (χ1) is 9.77. The fraction of sp³-hybridized carbons (Fsp3) is 0.385. The maximum atomic E-state index is 13.3. The van der Waals surface area contributed by atoms with E-state index in [1.807, 2.05) is 13.8 Å². The molecule has 0 fully saturated rings. The highest BCUT2D eigenvalue weighted by Gasteiger charge is 2.33. The van der Waals surface area contributed by atoms with Gasteiger partial charge in [-0.25, -0.2) is 14.1 Å². The zero-order chi connectivity index (χ0) is 15.6. The van der Waals surface area contributed by atoms with Crippen LogP contribution < -0.4 is 5.32 Å². The van der Waals surface area contributed by atoms with Crippen LogP contribution in [0.15, 0.2) is 24.5 Å². The quantitative estimate of drug-likeness (QED) is 0.883. The molecule has 1 N–H and O–H groups in total. The van der Waals surface area contributed by atoms with Gasteiger partial charge < -0.3 is 5.32 Å². The lowest BCUT2D eigenvalue weighted by Crippen LogP contribution is -2.23. The minimum atomic E-state index is -4.53. The van der Waals surface area contributed by atoms with Gasteiger partial charge in [0.1, 0.15) is 5.82 Å². The molecule has 2 rings (SSSR count). The first-order valence-electron chi connectivity index (χ1n) is 6.28. The summed E-state index contributed by atoms with van der Waals surface area (Å²) in [5, 5.41) is 6.51. The van der Waals surface area contributed by atoms with Gasteiger partial charge >= 0.3 is 6.18 Å². The van der Waals surface area contributed by atoms with E-state index in [2.05, 4.69) is 15.4 Å². The van der Waals surface area contributed by atoms with Gasteiger partial charge in [-0.05, 0) is 12.1 Å². The van der Waals surface area contributed by atoms with Gasteiger partial charge in [0.05, 0.1) is 6.20 Å². The molecule has 0 spiro atoms. The van der Waals surface area contributed by atoms with Crippen molar-refractivity contribution in [3.8, 4) is 5.82 Å². The Morgan fingerprint density at radius 3 is 2.62 bits per heavy atom. The summed E-state index contributed by atoms with van der Waals surface area (Å²) in [6, 6.07) is 2.22. The Bertz CT molecular complexity index is 619. The molecule has 0 amide bonds. The molecule has 114 valence electrons. The normalized spacial score (nSPS) is 12.1. The zero-order valence-electron chi connectivity index (χ0n) is 11.4. The first-order valence-corrected chi connectivity index (χ1v) is 6.28. The van der Waals surface area contributed by atoms with E-state index in [0.29, 0.717) is 5.56 Å². The summed E-state index contributed by atoms with van der Waals surface area (Å²) in [6.07, 6.45) is -2.42. The van der Waals surface area contributed by atoms with Crippen molar-refractivity contribution in [2.75, 3.05) is 0 Å². The number of halogens is 4. The molecule has 8 heteroatoms. The molecular formula is C13H14F4N4. The molecule has 2 aromatic heterocycles. The van der Waals surface area contributed by atoms with Gasteiger partial charge in [0.15, 0.2) is 11.5 Å². The monoisotopic (exact) mass is 302 g/mol. The summed E-state index contributed by atoms with van der Waals surface area (Å²) in [5.74, 6) is -0.387. The highest BCUT2D eigenvalue weighted by molar-refractivity contribution is 5.33. The predicted octanol–water partition coefficient (Wildman–Crippen LogP) is 2.92. The van der Waals surface area contributed by atoms with Crippen molar-refractivity contribution < 1.29 is 17.6 Å². The number of rotatable bonds is 4. The number of nitrogens with zero attached hydrogens (tertiary/aromatic N) is 3. The second-order valence-electron chi connectivity index (χ2n) is 4.82. The van der Waals surface area contributed by atoms with Crippen LogP contribution in [-0.4, -0.2) is 20.8 Å². The minimum absolute atomic E-state index is 0.143. The highest BCUT2D eigenvalue weighted by Crippen LogP contribution is 2.28. The van der Waals surface area contributed by atoms with Crippen molar-refractivity contribution in [3.63, 3.8) is 0 Å². The third kappa shape index (κ3) is 3.78. The van der Waals surface area contributed by atoms with Crippen LogP contribution in [0.1, 0.15) is 25.1 Å². The number of aromatic nitrogens is 3. The molecule has 0 aliphatic carbocycles. The number of pyridine rings is 1. The molecule has 0 atom stereocenters. The molecule has 21 heavy (non-hydrogen) atoms. The van der Waals surface area contributed by atoms with Crippen LogP contribution in [0.2, 0.25) is 0 Å².